The van der Waals surface area contributed by atoms with Crippen LogP contribution in [0.4, 0.5) is 0 Å². The summed E-state index contributed by atoms with van der Waals surface area (Å²) < 4.78 is 16.3. The molecule has 0 amide bonds. The number of hydrogen-bond acceptors (Lipinski definition) is 8. The van der Waals surface area contributed by atoms with Crippen molar-refractivity contribution in [2.24, 2.45) is 5.92 Å². The van der Waals surface area contributed by atoms with Crippen LogP contribution in [0.15, 0.2) is 38.4 Å². The van der Waals surface area contributed by atoms with Crippen LogP contribution in [0.5, 0.6) is 5.75 Å². The summed E-state index contributed by atoms with van der Waals surface area (Å²) in [6.45, 7) is 4.35. The SMILES string of the molecule is COc1ccccc1Cc1nnc(SCc2nc(CCC(C)C)no2)o1. The van der Waals surface area contributed by atoms with E-state index >= 15 is 0 Å². The van der Waals surface area contributed by atoms with Gasteiger partial charge in [0.1, 0.15) is 5.75 Å². The maximum atomic E-state index is 5.69. The van der Waals surface area contributed by atoms with E-state index < -0.39 is 0 Å². The second-order valence-corrected chi connectivity index (χ2v) is 7.20. The topological polar surface area (TPSA) is 87.1 Å². The molecule has 138 valence electrons. The zero-order valence-electron chi connectivity index (χ0n) is 15.1. The van der Waals surface area contributed by atoms with Crippen LogP contribution in [0.25, 0.3) is 0 Å². The predicted molar refractivity (Wildman–Crippen MR) is 97.1 cm³/mol. The summed E-state index contributed by atoms with van der Waals surface area (Å²) in [5.41, 5.74) is 1.00. The maximum absolute atomic E-state index is 5.69. The number of aromatic nitrogens is 4. The molecule has 0 saturated carbocycles. The van der Waals surface area contributed by atoms with Crippen LogP contribution in [-0.2, 0) is 18.6 Å². The minimum Gasteiger partial charge on any atom is -0.496 e. The first-order valence-corrected chi connectivity index (χ1v) is 9.51. The minimum atomic E-state index is 0.483. The van der Waals surface area contributed by atoms with Gasteiger partial charge in [-0.1, -0.05) is 49.0 Å². The van der Waals surface area contributed by atoms with Crippen LogP contribution in [0.2, 0.25) is 0 Å². The van der Waals surface area contributed by atoms with Crippen molar-refractivity contribution >= 4 is 11.8 Å². The summed E-state index contributed by atoms with van der Waals surface area (Å²) in [6.07, 6.45) is 2.40. The number of nitrogens with zero attached hydrogens (tertiary/aromatic N) is 4. The molecule has 3 rings (SSSR count). The van der Waals surface area contributed by atoms with Crippen LogP contribution < -0.4 is 4.74 Å². The van der Waals surface area contributed by atoms with E-state index in [0.717, 1.165) is 30.0 Å². The van der Waals surface area contributed by atoms with E-state index in [2.05, 4.69) is 34.2 Å². The minimum absolute atomic E-state index is 0.483. The molecule has 1 aromatic carbocycles. The lowest BCUT2D eigenvalue weighted by Gasteiger charge is -2.05. The molecule has 0 aliphatic carbocycles. The lowest BCUT2D eigenvalue weighted by Crippen LogP contribution is -1.94. The number of methoxy groups -OCH3 is 1. The summed E-state index contributed by atoms with van der Waals surface area (Å²) >= 11 is 1.38. The van der Waals surface area contributed by atoms with Gasteiger partial charge in [-0.2, -0.15) is 4.98 Å². The van der Waals surface area contributed by atoms with E-state index in [0.29, 0.717) is 35.1 Å². The molecular weight excluding hydrogens is 352 g/mol. The molecule has 0 spiro atoms. The highest BCUT2D eigenvalue weighted by Gasteiger charge is 2.13. The van der Waals surface area contributed by atoms with Crippen molar-refractivity contribution in [2.45, 2.75) is 44.1 Å². The van der Waals surface area contributed by atoms with E-state index in [1.165, 1.54) is 11.8 Å². The van der Waals surface area contributed by atoms with Gasteiger partial charge in [-0.15, -0.1) is 10.2 Å². The van der Waals surface area contributed by atoms with Gasteiger partial charge in [0.15, 0.2) is 5.82 Å². The fourth-order valence-electron chi connectivity index (χ4n) is 2.37. The van der Waals surface area contributed by atoms with Gasteiger partial charge in [-0.25, -0.2) is 0 Å². The first-order chi connectivity index (χ1) is 12.6. The van der Waals surface area contributed by atoms with Crippen molar-refractivity contribution in [1.29, 1.82) is 0 Å². The third kappa shape index (κ3) is 5.08. The van der Waals surface area contributed by atoms with E-state index in [-0.39, 0.29) is 0 Å². The van der Waals surface area contributed by atoms with Gasteiger partial charge in [0.25, 0.3) is 5.22 Å². The second-order valence-electron chi connectivity index (χ2n) is 6.28. The smallest absolute Gasteiger partial charge is 0.277 e. The number of ether oxygens (including phenoxy) is 1. The monoisotopic (exact) mass is 374 g/mol. The normalized spacial score (nSPS) is 11.2. The molecule has 0 N–H and O–H groups in total. The summed E-state index contributed by atoms with van der Waals surface area (Å²) in [6, 6.07) is 7.77. The van der Waals surface area contributed by atoms with E-state index in [1.807, 2.05) is 24.3 Å². The Bertz CT molecular complexity index is 831. The molecule has 0 fully saturated rings. The van der Waals surface area contributed by atoms with Crippen molar-refractivity contribution < 1.29 is 13.7 Å². The molecule has 0 atom stereocenters. The van der Waals surface area contributed by atoms with E-state index in [4.69, 9.17) is 13.7 Å². The quantitative estimate of drug-likeness (QED) is 0.521. The average molecular weight is 374 g/mol. The van der Waals surface area contributed by atoms with Gasteiger partial charge in [0.2, 0.25) is 11.8 Å². The van der Waals surface area contributed by atoms with Crippen molar-refractivity contribution in [3.05, 3.63) is 47.4 Å². The van der Waals surface area contributed by atoms with Gasteiger partial charge >= 0.3 is 0 Å². The van der Waals surface area contributed by atoms with Crippen LogP contribution in [-0.4, -0.2) is 27.4 Å². The molecule has 0 radical (unpaired) electrons. The standard InChI is InChI=1S/C18H22N4O3S/c1-12(2)8-9-15-19-17(25-22-15)11-26-18-21-20-16(24-18)10-13-6-4-5-7-14(13)23-3/h4-7,12H,8-11H2,1-3H3. The van der Waals surface area contributed by atoms with Crippen LogP contribution >= 0.6 is 11.8 Å². The summed E-state index contributed by atoms with van der Waals surface area (Å²) in [5.74, 6) is 3.78. The summed E-state index contributed by atoms with van der Waals surface area (Å²) in [4.78, 5) is 4.39. The fraction of sp³-hybridized carbons (Fsp3) is 0.444. The number of rotatable bonds is 9. The molecule has 0 aliphatic rings. The number of aryl methyl sites for hydroxylation is 1. The lowest BCUT2D eigenvalue weighted by molar-refractivity contribution is 0.381. The van der Waals surface area contributed by atoms with Gasteiger partial charge in [-0.3, -0.25) is 0 Å². The Balaban J connectivity index is 1.54. The van der Waals surface area contributed by atoms with Gasteiger partial charge in [0, 0.05) is 12.0 Å². The predicted octanol–water partition coefficient (Wildman–Crippen LogP) is 3.93. The second kappa shape index (κ2) is 8.84. The van der Waals surface area contributed by atoms with Crippen molar-refractivity contribution in [3.63, 3.8) is 0 Å². The molecule has 26 heavy (non-hydrogen) atoms. The molecule has 3 aromatic rings. The molecule has 2 aromatic heterocycles. The van der Waals surface area contributed by atoms with Crippen LogP contribution in [0, 0.1) is 5.92 Å². The average Bonchev–Trinajstić information content (AvgIpc) is 3.28. The zero-order valence-corrected chi connectivity index (χ0v) is 16.0. The highest BCUT2D eigenvalue weighted by molar-refractivity contribution is 7.98. The van der Waals surface area contributed by atoms with Crippen LogP contribution in [0.3, 0.4) is 0 Å². The molecule has 2 heterocycles. The van der Waals surface area contributed by atoms with E-state index in [9.17, 15) is 0 Å². The Labute approximate surface area is 156 Å². The molecule has 0 bridgehead atoms. The Morgan fingerprint density at radius 2 is 2.00 bits per heavy atom. The number of para-hydroxylation sites is 1. The van der Waals surface area contributed by atoms with Crippen LogP contribution in [0.1, 0.15) is 43.4 Å². The Morgan fingerprint density at radius 3 is 2.81 bits per heavy atom. The summed E-state index contributed by atoms with van der Waals surface area (Å²) in [7, 11) is 1.65. The highest BCUT2D eigenvalue weighted by atomic mass is 32.2. The van der Waals surface area contributed by atoms with Gasteiger partial charge in [-0.05, 0) is 18.4 Å². The number of thioether (sulfide) groups is 1. The van der Waals surface area contributed by atoms with Crippen molar-refractivity contribution in [2.75, 3.05) is 7.11 Å². The third-order valence-electron chi connectivity index (χ3n) is 3.76. The molecule has 0 saturated heterocycles. The Hall–Kier alpha value is -2.35. The maximum Gasteiger partial charge on any atom is 0.277 e. The molecule has 8 heteroatoms. The van der Waals surface area contributed by atoms with Crippen molar-refractivity contribution in [1.82, 2.24) is 20.3 Å². The molecule has 0 unspecified atom stereocenters. The fourth-order valence-corrected chi connectivity index (χ4v) is 2.99. The van der Waals surface area contributed by atoms with Gasteiger partial charge in [0.05, 0.1) is 19.3 Å². The lowest BCUT2D eigenvalue weighted by atomic mass is 10.1. The van der Waals surface area contributed by atoms with E-state index in [1.54, 1.807) is 7.11 Å². The molecular formula is C18H22N4O3S. The zero-order chi connectivity index (χ0) is 18.4. The Kier molecular flexibility index (Phi) is 6.27. The first-order valence-electron chi connectivity index (χ1n) is 8.52. The van der Waals surface area contributed by atoms with Gasteiger partial charge < -0.3 is 13.7 Å². The number of hydrogen-bond donors (Lipinski definition) is 0. The largest absolute Gasteiger partial charge is 0.496 e. The Morgan fingerprint density at radius 1 is 1.15 bits per heavy atom. The number of benzene rings is 1. The first kappa shape index (κ1) is 18.4. The summed E-state index contributed by atoms with van der Waals surface area (Å²) in [5, 5.41) is 12.6. The third-order valence-corrected chi connectivity index (χ3v) is 4.56. The molecule has 7 nitrogen and oxygen atoms in total. The van der Waals surface area contributed by atoms with Crippen molar-refractivity contribution in [3.8, 4) is 5.75 Å². The highest BCUT2D eigenvalue weighted by Crippen LogP contribution is 2.24. The molecule has 0 aliphatic heterocycles.